The monoisotopic (exact) mass is 146 g/mol. The zero-order chi connectivity index (χ0) is 7.71. The quantitative estimate of drug-likeness (QED) is 0.552. The van der Waals surface area contributed by atoms with Gasteiger partial charge in [0, 0.05) is 7.11 Å². The first-order valence-corrected chi connectivity index (χ1v) is 3.36. The van der Waals surface area contributed by atoms with E-state index in [2.05, 4.69) is 34.6 Å². The second-order valence-electron chi connectivity index (χ2n) is 3.96. The van der Waals surface area contributed by atoms with Gasteiger partial charge in [0.2, 0.25) is 0 Å². The van der Waals surface area contributed by atoms with Crippen molar-refractivity contribution < 1.29 is 4.74 Å². The molecule has 0 saturated heterocycles. The zero-order valence-electron chi connectivity index (χ0n) is 7.41. The molecule has 1 heteroatoms. The molecule has 0 heterocycles. The van der Waals surface area contributed by atoms with Crippen LogP contribution in [0.3, 0.4) is 0 Å². The van der Waals surface area contributed by atoms with Gasteiger partial charge in [-0.3, -0.25) is 0 Å². The molecule has 0 amide bonds. The van der Waals surface area contributed by atoms with Gasteiger partial charge < -0.3 is 4.74 Å². The Morgan fingerprint density at radius 2 is 1.20 bits per heavy atom. The second kappa shape index (κ2) is 3.38. The van der Waals surface area contributed by atoms with Gasteiger partial charge >= 0.3 is 0 Å². The molecule has 10 heavy (non-hydrogen) atoms. The van der Waals surface area contributed by atoms with Crippen LogP contribution in [0, 0.1) is 5.41 Å². The molecule has 0 aliphatic rings. The van der Waals surface area contributed by atoms with Crippen LogP contribution in [-0.4, -0.2) is 12.7 Å². The maximum Gasteiger partial charge on any atom is 0.0670 e. The standard InChI is InChI=1S/C8H18O.CH4/c1-7(2,3)8(4,5)9-6;/h1-6H3;1H4. The fourth-order valence-corrected chi connectivity index (χ4v) is 0.306. The SMILES string of the molecule is C.COC(C)(C)C(C)(C)C. The minimum absolute atomic E-state index is 0. The van der Waals surface area contributed by atoms with E-state index in [4.69, 9.17) is 4.74 Å². The van der Waals surface area contributed by atoms with Crippen molar-refractivity contribution in [2.24, 2.45) is 5.41 Å². The van der Waals surface area contributed by atoms with Gasteiger partial charge in [-0.05, 0) is 19.3 Å². The van der Waals surface area contributed by atoms with Crippen molar-refractivity contribution >= 4 is 0 Å². The van der Waals surface area contributed by atoms with Crippen molar-refractivity contribution in [3.63, 3.8) is 0 Å². The minimum atomic E-state index is -0.0208. The zero-order valence-corrected chi connectivity index (χ0v) is 7.41. The molecule has 0 bridgehead atoms. The van der Waals surface area contributed by atoms with Crippen molar-refractivity contribution in [2.45, 2.75) is 47.6 Å². The molecule has 0 aliphatic carbocycles. The molecule has 0 atom stereocenters. The lowest BCUT2D eigenvalue weighted by atomic mass is 9.79. The summed E-state index contributed by atoms with van der Waals surface area (Å²) in [6.07, 6.45) is 0. The predicted octanol–water partition coefficient (Wildman–Crippen LogP) is 3.09. The van der Waals surface area contributed by atoms with Gasteiger partial charge in [0.15, 0.2) is 0 Å². The van der Waals surface area contributed by atoms with Crippen LogP contribution in [0.4, 0.5) is 0 Å². The number of hydrogen-bond donors (Lipinski definition) is 0. The van der Waals surface area contributed by atoms with Crippen LogP contribution in [0.5, 0.6) is 0 Å². The summed E-state index contributed by atoms with van der Waals surface area (Å²) < 4.78 is 5.30. The highest BCUT2D eigenvalue weighted by molar-refractivity contribution is 4.82. The van der Waals surface area contributed by atoms with E-state index in [1.807, 2.05) is 0 Å². The molecular weight excluding hydrogens is 124 g/mol. The molecule has 0 N–H and O–H groups in total. The van der Waals surface area contributed by atoms with Crippen molar-refractivity contribution in [1.82, 2.24) is 0 Å². The number of methoxy groups -OCH3 is 1. The Morgan fingerprint density at radius 1 is 0.900 bits per heavy atom. The third-order valence-corrected chi connectivity index (χ3v) is 2.32. The summed E-state index contributed by atoms with van der Waals surface area (Å²) in [5.74, 6) is 0. The van der Waals surface area contributed by atoms with Gasteiger partial charge in [-0.2, -0.15) is 0 Å². The van der Waals surface area contributed by atoms with Gasteiger partial charge in [-0.1, -0.05) is 28.2 Å². The van der Waals surface area contributed by atoms with E-state index in [0.717, 1.165) is 0 Å². The van der Waals surface area contributed by atoms with E-state index in [9.17, 15) is 0 Å². The van der Waals surface area contributed by atoms with Gasteiger partial charge in [0.1, 0.15) is 0 Å². The molecule has 0 saturated carbocycles. The average molecular weight is 146 g/mol. The molecule has 0 aromatic heterocycles. The third-order valence-electron chi connectivity index (χ3n) is 2.32. The van der Waals surface area contributed by atoms with Gasteiger partial charge in [0.25, 0.3) is 0 Å². The minimum Gasteiger partial charge on any atom is -0.378 e. The van der Waals surface area contributed by atoms with E-state index < -0.39 is 0 Å². The molecule has 0 rings (SSSR count). The lowest BCUT2D eigenvalue weighted by molar-refractivity contribution is -0.0620. The molecule has 0 fully saturated rings. The highest BCUT2D eigenvalue weighted by Crippen LogP contribution is 2.31. The molecule has 0 aliphatic heterocycles. The largest absolute Gasteiger partial charge is 0.378 e. The Morgan fingerprint density at radius 3 is 1.20 bits per heavy atom. The van der Waals surface area contributed by atoms with Crippen molar-refractivity contribution in [1.29, 1.82) is 0 Å². The van der Waals surface area contributed by atoms with E-state index >= 15 is 0 Å². The average Bonchev–Trinajstić information content (AvgIpc) is 1.64. The van der Waals surface area contributed by atoms with Crippen molar-refractivity contribution in [3.05, 3.63) is 0 Å². The summed E-state index contributed by atoms with van der Waals surface area (Å²) in [6.45, 7) is 10.7. The summed E-state index contributed by atoms with van der Waals surface area (Å²) in [6, 6.07) is 0. The molecule has 0 unspecified atom stereocenters. The van der Waals surface area contributed by atoms with Crippen LogP contribution < -0.4 is 0 Å². The highest BCUT2D eigenvalue weighted by Gasteiger charge is 2.32. The number of hydrogen-bond acceptors (Lipinski definition) is 1. The van der Waals surface area contributed by atoms with Crippen molar-refractivity contribution in [3.8, 4) is 0 Å². The van der Waals surface area contributed by atoms with Crippen LogP contribution in [0.2, 0.25) is 0 Å². The number of ether oxygens (including phenoxy) is 1. The van der Waals surface area contributed by atoms with Gasteiger partial charge in [0.05, 0.1) is 5.60 Å². The Hall–Kier alpha value is -0.0400. The Labute approximate surface area is 65.8 Å². The molecule has 0 spiro atoms. The fraction of sp³-hybridized carbons (Fsp3) is 1.00. The van der Waals surface area contributed by atoms with Gasteiger partial charge in [-0.15, -0.1) is 0 Å². The Bertz CT molecular complexity index is 87.4. The van der Waals surface area contributed by atoms with Crippen LogP contribution in [0.1, 0.15) is 42.0 Å². The molecular formula is C9H22O. The normalized spacial score (nSPS) is 12.6. The number of rotatable bonds is 1. The Kier molecular flexibility index (Phi) is 4.27. The van der Waals surface area contributed by atoms with Crippen LogP contribution in [-0.2, 0) is 4.74 Å². The summed E-state index contributed by atoms with van der Waals surface area (Å²) in [4.78, 5) is 0. The first kappa shape index (κ1) is 12.6. The third kappa shape index (κ3) is 2.70. The fourth-order valence-electron chi connectivity index (χ4n) is 0.306. The van der Waals surface area contributed by atoms with Gasteiger partial charge in [-0.25, -0.2) is 0 Å². The first-order valence-electron chi connectivity index (χ1n) is 3.36. The van der Waals surface area contributed by atoms with Crippen molar-refractivity contribution in [2.75, 3.05) is 7.11 Å². The van der Waals surface area contributed by atoms with E-state index in [1.165, 1.54) is 0 Å². The van der Waals surface area contributed by atoms with E-state index in [0.29, 0.717) is 0 Å². The maximum absolute atomic E-state index is 5.30. The highest BCUT2D eigenvalue weighted by atomic mass is 16.5. The molecule has 0 radical (unpaired) electrons. The summed E-state index contributed by atoms with van der Waals surface area (Å²) in [5.41, 5.74) is 0.203. The first-order chi connectivity index (χ1) is 3.81. The van der Waals surface area contributed by atoms with Crippen LogP contribution in [0.15, 0.2) is 0 Å². The lowest BCUT2D eigenvalue weighted by Crippen LogP contribution is -2.38. The van der Waals surface area contributed by atoms with Crippen LogP contribution in [0.25, 0.3) is 0 Å². The molecule has 0 aromatic rings. The predicted molar refractivity (Wildman–Crippen MR) is 47.3 cm³/mol. The summed E-state index contributed by atoms with van der Waals surface area (Å²) >= 11 is 0. The summed E-state index contributed by atoms with van der Waals surface area (Å²) in [5, 5.41) is 0. The topological polar surface area (TPSA) is 9.23 Å². The van der Waals surface area contributed by atoms with E-state index in [1.54, 1.807) is 7.11 Å². The smallest absolute Gasteiger partial charge is 0.0670 e. The Balaban J connectivity index is 0. The molecule has 0 aromatic carbocycles. The lowest BCUT2D eigenvalue weighted by Gasteiger charge is -2.37. The second-order valence-corrected chi connectivity index (χ2v) is 3.96. The molecule has 64 valence electrons. The maximum atomic E-state index is 5.30. The summed E-state index contributed by atoms with van der Waals surface area (Å²) in [7, 11) is 1.76. The molecule has 1 nitrogen and oxygen atoms in total. The van der Waals surface area contributed by atoms with Crippen LogP contribution >= 0.6 is 0 Å². The van der Waals surface area contributed by atoms with E-state index in [-0.39, 0.29) is 18.4 Å².